The van der Waals surface area contributed by atoms with Crippen molar-refractivity contribution < 1.29 is 0 Å². The predicted molar refractivity (Wildman–Crippen MR) is 63.1 cm³/mol. The Labute approximate surface area is 97.1 Å². The molecule has 0 atom stereocenters. The summed E-state index contributed by atoms with van der Waals surface area (Å²) < 4.78 is 2.53. The fraction of sp³-hybridized carbons (Fsp3) is 0.300. The first-order chi connectivity index (χ1) is 7.65. The van der Waals surface area contributed by atoms with Gasteiger partial charge in [-0.3, -0.25) is 0 Å². The van der Waals surface area contributed by atoms with Crippen LogP contribution in [0.25, 0.3) is 5.69 Å². The SMILES string of the molecule is CSc1cccc(-n2nnn(C)c2=O)c1C. The molecule has 0 spiro atoms. The van der Waals surface area contributed by atoms with Gasteiger partial charge in [0.15, 0.2) is 0 Å². The van der Waals surface area contributed by atoms with Gasteiger partial charge in [0.1, 0.15) is 0 Å². The van der Waals surface area contributed by atoms with Crippen LogP contribution in [0.1, 0.15) is 5.56 Å². The average molecular weight is 236 g/mol. The number of hydrogen-bond donors (Lipinski definition) is 0. The summed E-state index contributed by atoms with van der Waals surface area (Å²) in [4.78, 5) is 12.8. The topological polar surface area (TPSA) is 52.7 Å². The number of benzene rings is 1. The van der Waals surface area contributed by atoms with Crippen molar-refractivity contribution in [3.8, 4) is 5.69 Å². The van der Waals surface area contributed by atoms with Crippen LogP contribution >= 0.6 is 11.8 Å². The largest absolute Gasteiger partial charge is 0.368 e. The highest BCUT2D eigenvalue weighted by molar-refractivity contribution is 7.98. The number of aromatic nitrogens is 4. The van der Waals surface area contributed by atoms with Crippen molar-refractivity contribution in [3.05, 3.63) is 34.2 Å². The van der Waals surface area contributed by atoms with E-state index < -0.39 is 0 Å². The molecule has 2 aromatic rings. The van der Waals surface area contributed by atoms with E-state index in [0.29, 0.717) is 0 Å². The summed E-state index contributed by atoms with van der Waals surface area (Å²) in [6.07, 6.45) is 2.01. The monoisotopic (exact) mass is 236 g/mol. The van der Waals surface area contributed by atoms with Gasteiger partial charge in [0.05, 0.1) is 5.69 Å². The quantitative estimate of drug-likeness (QED) is 0.730. The third-order valence-corrected chi connectivity index (χ3v) is 3.31. The highest BCUT2D eigenvalue weighted by Crippen LogP contribution is 2.23. The van der Waals surface area contributed by atoms with Crippen LogP contribution in [0, 0.1) is 6.92 Å². The average Bonchev–Trinajstić information content (AvgIpc) is 2.61. The molecule has 6 heteroatoms. The van der Waals surface area contributed by atoms with Crippen LogP contribution in [-0.2, 0) is 7.05 Å². The number of nitrogens with zero attached hydrogens (tertiary/aromatic N) is 4. The van der Waals surface area contributed by atoms with Crippen molar-refractivity contribution in [2.45, 2.75) is 11.8 Å². The molecule has 0 saturated carbocycles. The smallest absolute Gasteiger partial charge is 0.244 e. The highest BCUT2D eigenvalue weighted by Gasteiger charge is 2.10. The molecule has 0 fully saturated rings. The van der Waals surface area contributed by atoms with Gasteiger partial charge in [0.25, 0.3) is 0 Å². The van der Waals surface area contributed by atoms with Crippen LogP contribution < -0.4 is 5.69 Å². The molecule has 0 aliphatic carbocycles. The first-order valence-corrected chi connectivity index (χ1v) is 6.00. The fourth-order valence-electron chi connectivity index (χ4n) is 1.52. The van der Waals surface area contributed by atoms with E-state index in [1.54, 1.807) is 18.8 Å². The first-order valence-electron chi connectivity index (χ1n) is 4.78. The molecular weight excluding hydrogens is 224 g/mol. The molecule has 1 aromatic carbocycles. The molecule has 0 N–H and O–H groups in total. The summed E-state index contributed by atoms with van der Waals surface area (Å²) in [6, 6.07) is 5.80. The van der Waals surface area contributed by atoms with E-state index in [9.17, 15) is 4.79 Å². The van der Waals surface area contributed by atoms with Gasteiger partial charge in [-0.2, -0.15) is 9.36 Å². The van der Waals surface area contributed by atoms with Crippen LogP contribution in [0.15, 0.2) is 27.9 Å². The van der Waals surface area contributed by atoms with Crippen molar-refractivity contribution >= 4 is 11.8 Å². The van der Waals surface area contributed by atoms with E-state index in [1.165, 1.54) is 9.36 Å². The number of tetrazole rings is 1. The number of hydrogen-bond acceptors (Lipinski definition) is 4. The molecule has 0 saturated heterocycles. The van der Waals surface area contributed by atoms with Gasteiger partial charge in [-0.25, -0.2) is 4.79 Å². The Morgan fingerprint density at radius 1 is 1.31 bits per heavy atom. The molecule has 0 aliphatic rings. The Hall–Kier alpha value is -1.56. The Kier molecular flexibility index (Phi) is 2.82. The molecule has 0 aliphatic heterocycles. The Morgan fingerprint density at radius 2 is 2.06 bits per heavy atom. The first kappa shape index (κ1) is 10.9. The predicted octanol–water partition coefficient (Wildman–Crippen LogP) is 0.996. The third-order valence-electron chi connectivity index (χ3n) is 2.43. The second-order valence-electron chi connectivity index (χ2n) is 3.40. The minimum atomic E-state index is -0.235. The van der Waals surface area contributed by atoms with Gasteiger partial charge in [-0.1, -0.05) is 6.07 Å². The Bertz CT molecular complexity index is 572. The summed E-state index contributed by atoms with van der Waals surface area (Å²) >= 11 is 1.65. The molecule has 0 radical (unpaired) electrons. The maximum absolute atomic E-state index is 11.7. The van der Waals surface area contributed by atoms with Crippen LogP contribution in [0.3, 0.4) is 0 Å². The lowest BCUT2D eigenvalue weighted by Gasteiger charge is -2.07. The molecule has 1 heterocycles. The summed E-state index contributed by atoms with van der Waals surface area (Å²) in [5.41, 5.74) is 1.59. The molecular formula is C10H12N4OS. The van der Waals surface area contributed by atoms with E-state index >= 15 is 0 Å². The molecule has 0 unspecified atom stereocenters. The fourth-order valence-corrected chi connectivity index (χ4v) is 2.14. The van der Waals surface area contributed by atoms with Gasteiger partial charge >= 0.3 is 5.69 Å². The van der Waals surface area contributed by atoms with Gasteiger partial charge in [0.2, 0.25) is 0 Å². The molecule has 2 rings (SSSR count). The summed E-state index contributed by atoms with van der Waals surface area (Å²) in [5, 5.41) is 7.53. The molecule has 16 heavy (non-hydrogen) atoms. The van der Waals surface area contributed by atoms with Crippen molar-refractivity contribution in [3.63, 3.8) is 0 Å². The minimum Gasteiger partial charge on any atom is -0.244 e. The van der Waals surface area contributed by atoms with Crippen LogP contribution in [0.4, 0.5) is 0 Å². The van der Waals surface area contributed by atoms with E-state index in [2.05, 4.69) is 10.4 Å². The number of aryl methyl sites for hydroxylation is 1. The van der Waals surface area contributed by atoms with Crippen LogP contribution in [-0.4, -0.2) is 26.0 Å². The van der Waals surface area contributed by atoms with Crippen LogP contribution in [0.2, 0.25) is 0 Å². The van der Waals surface area contributed by atoms with Gasteiger partial charge in [0, 0.05) is 11.9 Å². The van der Waals surface area contributed by atoms with E-state index in [-0.39, 0.29) is 5.69 Å². The summed E-state index contributed by atoms with van der Waals surface area (Å²) in [5.74, 6) is 0. The lowest BCUT2D eigenvalue weighted by atomic mass is 10.2. The zero-order valence-electron chi connectivity index (χ0n) is 9.34. The normalized spacial score (nSPS) is 10.7. The van der Waals surface area contributed by atoms with Crippen LogP contribution in [0.5, 0.6) is 0 Å². The van der Waals surface area contributed by atoms with Crippen molar-refractivity contribution in [2.24, 2.45) is 7.05 Å². The lowest BCUT2D eigenvalue weighted by Crippen LogP contribution is -2.22. The number of thioether (sulfide) groups is 1. The van der Waals surface area contributed by atoms with E-state index in [0.717, 1.165) is 16.1 Å². The molecule has 1 aromatic heterocycles. The highest BCUT2D eigenvalue weighted by atomic mass is 32.2. The number of rotatable bonds is 2. The Balaban J connectivity index is 2.65. The maximum atomic E-state index is 11.7. The zero-order valence-corrected chi connectivity index (χ0v) is 10.2. The minimum absolute atomic E-state index is 0.235. The maximum Gasteiger partial charge on any atom is 0.368 e. The van der Waals surface area contributed by atoms with Crippen molar-refractivity contribution in [1.82, 2.24) is 19.8 Å². The van der Waals surface area contributed by atoms with E-state index in [1.807, 2.05) is 31.4 Å². The third kappa shape index (κ3) is 1.65. The van der Waals surface area contributed by atoms with Gasteiger partial charge in [-0.15, -0.1) is 11.8 Å². The second kappa shape index (κ2) is 4.13. The molecule has 84 valence electrons. The van der Waals surface area contributed by atoms with Crippen molar-refractivity contribution in [1.29, 1.82) is 0 Å². The van der Waals surface area contributed by atoms with Gasteiger partial charge < -0.3 is 0 Å². The zero-order chi connectivity index (χ0) is 11.7. The Morgan fingerprint density at radius 3 is 2.62 bits per heavy atom. The van der Waals surface area contributed by atoms with Crippen molar-refractivity contribution in [2.75, 3.05) is 6.26 Å². The summed E-state index contributed by atoms with van der Waals surface area (Å²) in [7, 11) is 1.58. The second-order valence-corrected chi connectivity index (χ2v) is 4.25. The molecule has 5 nitrogen and oxygen atoms in total. The van der Waals surface area contributed by atoms with Gasteiger partial charge in [-0.05, 0) is 41.3 Å². The molecule has 0 amide bonds. The standard InChI is InChI=1S/C10H12N4OS/c1-7-8(5-4-6-9(7)16-3)14-10(15)13(2)11-12-14/h4-6H,1-3H3. The molecule has 0 bridgehead atoms. The van der Waals surface area contributed by atoms with E-state index in [4.69, 9.17) is 0 Å². The summed E-state index contributed by atoms with van der Waals surface area (Å²) in [6.45, 7) is 1.97. The lowest BCUT2D eigenvalue weighted by molar-refractivity contribution is 0.692.